The summed E-state index contributed by atoms with van der Waals surface area (Å²) in [6, 6.07) is 0.886. The highest BCUT2D eigenvalue weighted by molar-refractivity contribution is 5.55. The molecule has 0 aromatic rings. The average Bonchev–Trinajstić information content (AvgIpc) is 1.80. The minimum atomic E-state index is 0.442. The molecule has 1 rings (SSSR count). The van der Waals surface area contributed by atoms with Crippen molar-refractivity contribution in [2.24, 2.45) is 10.8 Å². The zero-order chi connectivity index (χ0) is 6.85. The lowest BCUT2D eigenvalue weighted by molar-refractivity contribution is 0.299. The fourth-order valence-electron chi connectivity index (χ4n) is 0.981. The number of rotatable bonds is 0. The molecule has 9 heavy (non-hydrogen) atoms. The van der Waals surface area contributed by atoms with E-state index in [0.717, 1.165) is 6.42 Å². The molecule has 0 saturated heterocycles. The van der Waals surface area contributed by atoms with Crippen molar-refractivity contribution in [3.8, 4) is 0 Å². The quantitative estimate of drug-likeness (QED) is 0.478. The predicted molar refractivity (Wildman–Crippen MR) is 38.1 cm³/mol. The van der Waals surface area contributed by atoms with E-state index >= 15 is 0 Å². The summed E-state index contributed by atoms with van der Waals surface area (Å²) in [6.45, 7) is 4.20. The van der Waals surface area contributed by atoms with Crippen molar-refractivity contribution in [3.63, 3.8) is 0 Å². The number of hydrogen-bond acceptors (Lipinski definition) is 3. The van der Waals surface area contributed by atoms with Gasteiger partial charge in [0.05, 0.1) is 12.4 Å². The van der Waals surface area contributed by atoms with Crippen LogP contribution < -0.4 is 5.84 Å². The predicted octanol–water partition coefficient (Wildman–Crippen LogP) is 0.371. The summed E-state index contributed by atoms with van der Waals surface area (Å²) in [5.74, 6) is 5.52. The molecule has 1 aliphatic rings. The lowest BCUT2D eigenvalue weighted by Gasteiger charge is -2.27. The van der Waals surface area contributed by atoms with E-state index in [-0.39, 0.29) is 0 Å². The van der Waals surface area contributed by atoms with Gasteiger partial charge in [-0.1, -0.05) is 0 Å². The minimum absolute atomic E-state index is 0.442. The monoisotopic (exact) mass is 127 g/mol. The van der Waals surface area contributed by atoms with Crippen LogP contribution in [0.25, 0.3) is 0 Å². The van der Waals surface area contributed by atoms with Gasteiger partial charge in [-0.05, 0) is 20.3 Å². The summed E-state index contributed by atoms with van der Waals surface area (Å²) in [5, 5.41) is 1.65. The molecule has 3 heteroatoms. The normalized spacial score (nSPS) is 35.2. The third-order valence-corrected chi connectivity index (χ3v) is 1.65. The Bertz CT molecular complexity index is 121. The molecule has 0 aromatic carbocycles. The molecule has 0 spiro atoms. The highest BCUT2D eigenvalue weighted by Gasteiger charge is 2.14. The Balaban J connectivity index is 2.54. The van der Waals surface area contributed by atoms with Crippen LogP contribution in [0.2, 0.25) is 0 Å². The second-order valence-electron chi connectivity index (χ2n) is 2.65. The van der Waals surface area contributed by atoms with Crippen molar-refractivity contribution in [2.75, 3.05) is 0 Å². The van der Waals surface area contributed by atoms with Gasteiger partial charge in [-0.25, -0.2) is 5.84 Å². The molecule has 1 aliphatic heterocycles. The maximum Gasteiger partial charge on any atom is 0.0996 e. The topological polar surface area (TPSA) is 41.6 Å². The smallest absolute Gasteiger partial charge is 0.0996 e. The van der Waals surface area contributed by atoms with Gasteiger partial charge in [-0.2, -0.15) is 0 Å². The fourth-order valence-corrected chi connectivity index (χ4v) is 0.981. The van der Waals surface area contributed by atoms with Crippen LogP contribution in [0.15, 0.2) is 4.99 Å². The maximum atomic E-state index is 5.52. The van der Waals surface area contributed by atoms with Gasteiger partial charge in [0.2, 0.25) is 0 Å². The van der Waals surface area contributed by atoms with E-state index in [9.17, 15) is 0 Å². The first-order chi connectivity index (χ1) is 4.20. The largest absolute Gasteiger partial charge is 0.298 e. The van der Waals surface area contributed by atoms with E-state index in [1.807, 2.05) is 0 Å². The highest BCUT2D eigenvalue weighted by atomic mass is 15.4. The van der Waals surface area contributed by atoms with Gasteiger partial charge in [-0.15, -0.1) is 0 Å². The summed E-state index contributed by atoms with van der Waals surface area (Å²) < 4.78 is 0. The van der Waals surface area contributed by atoms with Crippen LogP contribution in [0.3, 0.4) is 0 Å². The molecule has 1 heterocycles. The van der Waals surface area contributed by atoms with Crippen LogP contribution in [0.4, 0.5) is 0 Å². The first kappa shape index (κ1) is 6.55. The van der Waals surface area contributed by atoms with Crippen molar-refractivity contribution < 1.29 is 0 Å². The van der Waals surface area contributed by atoms with E-state index in [1.165, 1.54) is 0 Å². The van der Waals surface area contributed by atoms with Crippen LogP contribution in [0, 0.1) is 0 Å². The lowest BCUT2D eigenvalue weighted by Crippen LogP contribution is -2.42. The number of nitrogens with zero attached hydrogens (tertiary/aromatic N) is 2. The molecule has 3 nitrogen and oxygen atoms in total. The minimum Gasteiger partial charge on any atom is -0.298 e. The van der Waals surface area contributed by atoms with Crippen molar-refractivity contribution in [1.82, 2.24) is 5.01 Å². The van der Waals surface area contributed by atoms with E-state index < -0.39 is 0 Å². The first-order valence-electron chi connectivity index (χ1n) is 3.26. The molecule has 0 saturated carbocycles. The Morgan fingerprint density at radius 2 is 2.33 bits per heavy atom. The molecule has 2 unspecified atom stereocenters. The molecule has 0 aromatic heterocycles. The van der Waals surface area contributed by atoms with Gasteiger partial charge in [0.15, 0.2) is 0 Å². The summed E-state index contributed by atoms with van der Waals surface area (Å²) in [4.78, 5) is 4.14. The standard InChI is InChI=1S/C6H13N3/c1-5-3-6(2)9(7)4-8-5/h4-6H,3,7H2,1-2H3. The molecule has 0 fully saturated rings. The Hall–Kier alpha value is -0.570. The van der Waals surface area contributed by atoms with Gasteiger partial charge >= 0.3 is 0 Å². The zero-order valence-corrected chi connectivity index (χ0v) is 5.91. The summed E-state index contributed by atoms with van der Waals surface area (Å²) in [7, 11) is 0. The molecule has 0 radical (unpaired) electrons. The molecule has 2 atom stereocenters. The maximum absolute atomic E-state index is 5.52. The van der Waals surface area contributed by atoms with Crippen molar-refractivity contribution in [2.45, 2.75) is 32.4 Å². The van der Waals surface area contributed by atoms with E-state index in [0.29, 0.717) is 12.1 Å². The van der Waals surface area contributed by atoms with Crippen molar-refractivity contribution in [3.05, 3.63) is 0 Å². The highest BCUT2D eigenvalue weighted by Crippen LogP contribution is 2.08. The van der Waals surface area contributed by atoms with Crippen LogP contribution in [-0.2, 0) is 0 Å². The molecule has 0 amide bonds. The Morgan fingerprint density at radius 3 is 2.78 bits per heavy atom. The van der Waals surface area contributed by atoms with E-state index in [2.05, 4.69) is 18.8 Å². The van der Waals surface area contributed by atoms with Gasteiger partial charge < -0.3 is 0 Å². The van der Waals surface area contributed by atoms with Gasteiger partial charge in [0.25, 0.3) is 0 Å². The molecule has 0 aliphatic carbocycles. The molecular weight excluding hydrogens is 114 g/mol. The lowest BCUT2D eigenvalue weighted by atomic mass is 10.1. The van der Waals surface area contributed by atoms with E-state index in [1.54, 1.807) is 11.3 Å². The number of nitrogens with two attached hydrogens (primary N) is 1. The third-order valence-electron chi connectivity index (χ3n) is 1.65. The van der Waals surface area contributed by atoms with Crippen LogP contribution in [-0.4, -0.2) is 23.4 Å². The Kier molecular flexibility index (Phi) is 1.71. The molecule has 52 valence electrons. The fraction of sp³-hybridized carbons (Fsp3) is 0.833. The van der Waals surface area contributed by atoms with Crippen molar-refractivity contribution in [1.29, 1.82) is 0 Å². The molecule has 2 N–H and O–H groups in total. The molecule has 0 bridgehead atoms. The summed E-state index contributed by atoms with van der Waals surface area (Å²) in [5.41, 5.74) is 0. The molecular formula is C6H13N3. The van der Waals surface area contributed by atoms with Crippen molar-refractivity contribution >= 4 is 6.34 Å². The first-order valence-corrected chi connectivity index (χ1v) is 3.26. The average molecular weight is 127 g/mol. The van der Waals surface area contributed by atoms with Crippen LogP contribution in [0.1, 0.15) is 20.3 Å². The van der Waals surface area contributed by atoms with Gasteiger partial charge in [0, 0.05) is 6.04 Å². The van der Waals surface area contributed by atoms with Gasteiger partial charge in [0.1, 0.15) is 0 Å². The zero-order valence-electron chi connectivity index (χ0n) is 5.91. The number of aliphatic imine (C=N–C) groups is 1. The number of hydrogen-bond donors (Lipinski definition) is 1. The van der Waals surface area contributed by atoms with Gasteiger partial charge in [-0.3, -0.25) is 10.0 Å². The Morgan fingerprint density at radius 1 is 1.67 bits per heavy atom. The second kappa shape index (κ2) is 2.35. The van der Waals surface area contributed by atoms with E-state index in [4.69, 9.17) is 5.84 Å². The van der Waals surface area contributed by atoms with Crippen LogP contribution in [0.5, 0.6) is 0 Å². The Labute approximate surface area is 55.5 Å². The summed E-state index contributed by atoms with van der Waals surface area (Å²) >= 11 is 0. The third kappa shape index (κ3) is 1.42. The number of hydrazine groups is 1. The second-order valence-corrected chi connectivity index (χ2v) is 2.65. The SMILES string of the molecule is CC1CC(C)N(N)C=N1. The van der Waals surface area contributed by atoms with Crippen LogP contribution >= 0.6 is 0 Å². The summed E-state index contributed by atoms with van der Waals surface area (Å²) in [6.07, 6.45) is 2.77.